The lowest BCUT2D eigenvalue weighted by Gasteiger charge is -2.40. The highest BCUT2D eigenvalue weighted by atomic mass is 16.7. The van der Waals surface area contributed by atoms with E-state index >= 15 is 0 Å². The van der Waals surface area contributed by atoms with Crippen molar-refractivity contribution in [2.24, 2.45) is 0 Å². The van der Waals surface area contributed by atoms with E-state index in [1.54, 1.807) is 12.2 Å². The van der Waals surface area contributed by atoms with Gasteiger partial charge in [-0.15, -0.1) is 0 Å². The number of amides is 1. The topological polar surface area (TPSA) is 169 Å². The maximum Gasteiger partial charge on any atom is 0.253 e. The Balaban J connectivity index is 2.57. The van der Waals surface area contributed by atoms with Gasteiger partial charge in [0, 0.05) is 0 Å². The van der Waals surface area contributed by atoms with Crippen LogP contribution in [0.15, 0.2) is 36.0 Å². The molecule has 7 N–H and O–H groups in total. The number of carbonyl (C=O) groups is 1. The summed E-state index contributed by atoms with van der Waals surface area (Å²) in [4.78, 5) is 13.0. The first-order chi connectivity index (χ1) is 26.7. The molecule has 0 spiro atoms. The van der Waals surface area contributed by atoms with Gasteiger partial charge in [0.15, 0.2) is 12.4 Å². The van der Waals surface area contributed by atoms with E-state index < -0.39 is 61.5 Å². The molecular formula is C45H83NO9. The molecule has 1 fully saturated rings. The number of carbonyl (C=O) groups excluding carboxylic acids is 1. The highest BCUT2D eigenvalue weighted by Gasteiger charge is 2.44. The van der Waals surface area contributed by atoms with Gasteiger partial charge in [-0.1, -0.05) is 172 Å². The fourth-order valence-electron chi connectivity index (χ4n) is 6.93. The van der Waals surface area contributed by atoms with Crippen LogP contribution in [0.5, 0.6) is 0 Å². The molecule has 10 nitrogen and oxygen atoms in total. The second-order valence-corrected chi connectivity index (χ2v) is 15.8. The van der Waals surface area contributed by atoms with Crippen LogP contribution in [0.1, 0.15) is 181 Å². The lowest BCUT2D eigenvalue weighted by molar-refractivity contribution is -0.302. The molecule has 0 aliphatic carbocycles. The molecule has 0 bridgehead atoms. The Kier molecular flexibility index (Phi) is 32.2. The lowest BCUT2D eigenvalue weighted by atomic mass is 9.99. The maximum absolute atomic E-state index is 13.0. The molecule has 1 heterocycles. The zero-order valence-corrected chi connectivity index (χ0v) is 35.0. The third-order valence-corrected chi connectivity index (χ3v) is 10.7. The van der Waals surface area contributed by atoms with Crippen LogP contribution in [-0.4, -0.2) is 98.7 Å². The molecule has 55 heavy (non-hydrogen) atoms. The highest BCUT2D eigenvalue weighted by molar-refractivity contribution is 5.82. The number of hydrogen-bond acceptors (Lipinski definition) is 9. The van der Waals surface area contributed by atoms with Crippen LogP contribution in [0.2, 0.25) is 0 Å². The number of nitrogens with one attached hydrogen (secondary N) is 1. The summed E-state index contributed by atoms with van der Waals surface area (Å²) < 4.78 is 11.1. The Bertz CT molecular complexity index is 1000. The molecule has 0 radical (unpaired) electrons. The van der Waals surface area contributed by atoms with Gasteiger partial charge in [0.25, 0.3) is 5.91 Å². The van der Waals surface area contributed by atoms with E-state index in [1.807, 2.05) is 6.08 Å². The van der Waals surface area contributed by atoms with E-state index in [2.05, 4.69) is 32.2 Å². The standard InChI is InChI=1S/C45H83NO9/c1-4-6-8-10-12-14-16-18-20-22-24-28-33-39(49)44(53)46-37(35-54-45-43(52)42(51)41(50)40(34-47)55-45)38(48)32-29-25-27-31-36(3)30-26-23-21-19-17-15-13-11-9-7-5-2/h28-29,31-33,37-43,45,47-52H,4-27,30,34-35H2,1-3H3,(H,46,53)/b32-29+,33-28+,36-31+/t37?,38-,39-,40-,41-,42+,43-,45-/m1/s1. The summed E-state index contributed by atoms with van der Waals surface area (Å²) in [6, 6.07) is -1.03. The molecular weight excluding hydrogens is 698 g/mol. The van der Waals surface area contributed by atoms with Crippen molar-refractivity contribution in [2.45, 2.75) is 230 Å². The zero-order chi connectivity index (χ0) is 40.5. The van der Waals surface area contributed by atoms with E-state index in [0.717, 1.165) is 32.1 Å². The molecule has 0 aromatic heterocycles. The summed E-state index contributed by atoms with van der Waals surface area (Å²) >= 11 is 0. The van der Waals surface area contributed by atoms with Gasteiger partial charge in [-0.25, -0.2) is 0 Å². The van der Waals surface area contributed by atoms with Gasteiger partial charge in [-0.3, -0.25) is 4.79 Å². The summed E-state index contributed by atoms with van der Waals surface area (Å²) in [6.45, 7) is 5.70. The van der Waals surface area contributed by atoms with Gasteiger partial charge in [-0.05, 0) is 45.4 Å². The second-order valence-electron chi connectivity index (χ2n) is 15.8. The summed E-state index contributed by atoms with van der Waals surface area (Å²) in [5.41, 5.74) is 1.36. The second kappa shape index (κ2) is 34.4. The van der Waals surface area contributed by atoms with Crippen LogP contribution >= 0.6 is 0 Å². The molecule has 10 heteroatoms. The molecule has 1 aliphatic heterocycles. The van der Waals surface area contributed by atoms with Gasteiger partial charge in [0.1, 0.15) is 24.4 Å². The first-order valence-corrected chi connectivity index (χ1v) is 22.2. The normalized spacial score (nSPS) is 22.4. The average molecular weight is 782 g/mol. The molecule has 0 aromatic rings. The number of rotatable bonds is 35. The number of allylic oxidation sites excluding steroid dienone is 4. The lowest BCUT2D eigenvalue weighted by Crippen LogP contribution is -2.60. The number of hydrogen-bond donors (Lipinski definition) is 7. The Morgan fingerprint density at radius 2 is 1.18 bits per heavy atom. The fourth-order valence-corrected chi connectivity index (χ4v) is 6.93. The Morgan fingerprint density at radius 3 is 1.73 bits per heavy atom. The van der Waals surface area contributed by atoms with E-state index in [9.17, 15) is 35.4 Å². The summed E-state index contributed by atoms with van der Waals surface area (Å²) in [6.07, 6.45) is 29.1. The molecule has 1 amide bonds. The van der Waals surface area contributed by atoms with E-state index in [4.69, 9.17) is 9.47 Å². The van der Waals surface area contributed by atoms with Crippen molar-refractivity contribution >= 4 is 5.91 Å². The van der Waals surface area contributed by atoms with Gasteiger partial charge >= 0.3 is 0 Å². The van der Waals surface area contributed by atoms with Gasteiger partial charge in [-0.2, -0.15) is 0 Å². The zero-order valence-electron chi connectivity index (χ0n) is 35.0. The first kappa shape index (κ1) is 51.4. The van der Waals surface area contributed by atoms with Crippen LogP contribution in [0.3, 0.4) is 0 Å². The van der Waals surface area contributed by atoms with Crippen molar-refractivity contribution in [2.75, 3.05) is 13.2 Å². The first-order valence-electron chi connectivity index (χ1n) is 22.2. The predicted octanol–water partition coefficient (Wildman–Crippen LogP) is 7.86. The number of aliphatic hydroxyl groups excluding tert-OH is 6. The van der Waals surface area contributed by atoms with Crippen LogP contribution < -0.4 is 5.32 Å². The summed E-state index contributed by atoms with van der Waals surface area (Å²) in [5, 5.41) is 64.5. The summed E-state index contributed by atoms with van der Waals surface area (Å²) in [7, 11) is 0. The van der Waals surface area contributed by atoms with Crippen molar-refractivity contribution < 1.29 is 44.9 Å². The quantitative estimate of drug-likeness (QED) is 0.0250. The minimum atomic E-state index is -1.62. The maximum atomic E-state index is 13.0. The Labute approximate surface area is 334 Å². The molecule has 8 atom stereocenters. The van der Waals surface area contributed by atoms with Crippen molar-refractivity contribution in [3.8, 4) is 0 Å². The largest absolute Gasteiger partial charge is 0.394 e. The molecule has 1 unspecified atom stereocenters. The molecule has 1 rings (SSSR count). The molecule has 1 aliphatic rings. The number of aliphatic hydroxyl groups is 6. The Morgan fingerprint density at radius 1 is 0.673 bits per heavy atom. The van der Waals surface area contributed by atoms with Crippen molar-refractivity contribution in [3.05, 3.63) is 36.0 Å². The molecule has 1 saturated heterocycles. The van der Waals surface area contributed by atoms with E-state index in [-0.39, 0.29) is 6.61 Å². The van der Waals surface area contributed by atoms with Gasteiger partial charge in [0.2, 0.25) is 0 Å². The number of unbranched alkanes of at least 4 members (excludes halogenated alkanes) is 21. The van der Waals surface area contributed by atoms with E-state index in [0.29, 0.717) is 6.42 Å². The minimum Gasteiger partial charge on any atom is -0.394 e. The van der Waals surface area contributed by atoms with Crippen LogP contribution in [0.25, 0.3) is 0 Å². The minimum absolute atomic E-state index is 0.340. The third-order valence-electron chi connectivity index (χ3n) is 10.7. The van der Waals surface area contributed by atoms with Gasteiger partial charge in [0.05, 0.1) is 25.4 Å². The van der Waals surface area contributed by atoms with Crippen LogP contribution in [-0.2, 0) is 14.3 Å². The fraction of sp³-hybridized carbons (Fsp3) is 0.844. The third kappa shape index (κ3) is 25.4. The van der Waals surface area contributed by atoms with Crippen LogP contribution in [0, 0.1) is 0 Å². The van der Waals surface area contributed by atoms with Crippen LogP contribution in [0.4, 0.5) is 0 Å². The monoisotopic (exact) mass is 782 g/mol. The predicted molar refractivity (Wildman–Crippen MR) is 222 cm³/mol. The van der Waals surface area contributed by atoms with Crippen molar-refractivity contribution in [1.82, 2.24) is 5.32 Å². The smallest absolute Gasteiger partial charge is 0.253 e. The molecule has 322 valence electrons. The summed E-state index contributed by atoms with van der Waals surface area (Å²) in [5.74, 6) is -0.713. The van der Waals surface area contributed by atoms with Crippen molar-refractivity contribution in [3.63, 3.8) is 0 Å². The van der Waals surface area contributed by atoms with Gasteiger partial charge < -0.3 is 45.4 Å². The molecule has 0 aromatic carbocycles. The Hall–Kier alpha value is -1.63. The molecule has 0 saturated carbocycles. The highest BCUT2D eigenvalue weighted by Crippen LogP contribution is 2.22. The average Bonchev–Trinajstić information content (AvgIpc) is 3.18. The number of ether oxygens (including phenoxy) is 2. The van der Waals surface area contributed by atoms with Crippen molar-refractivity contribution in [1.29, 1.82) is 0 Å². The van der Waals surface area contributed by atoms with E-state index in [1.165, 1.54) is 134 Å². The SMILES string of the molecule is CCCCCCCCCCCC/C=C/[C@@H](O)C(=O)NC(CO[C@@H]1O[C@H](CO)[C@@H](O)[C@H](O)[C@H]1O)[C@H](O)/C=C/CC/C=C(\C)CCCCCCCCCCCCC.